The molecule has 0 heterocycles. The molecule has 0 atom stereocenters. The number of methoxy groups -OCH3 is 2. The Hall–Kier alpha value is -4.63. The number of nitrogens with one attached hydrogen (secondary N) is 1. The van der Waals surface area contributed by atoms with Crippen LogP contribution in [0.5, 0.6) is 23.0 Å². The molecule has 0 aliphatic rings. The molecule has 1 N–H and O–H groups in total. The molecule has 0 aliphatic carbocycles. The van der Waals surface area contributed by atoms with Crippen molar-refractivity contribution in [2.45, 2.75) is 0 Å². The van der Waals surface area contributed by atoms with Crippen molar-refractivity contribution in [2.24, 2.45) is 5.10 Å². The molecule has 0 saturated heterocycles. The van der Waals surface area contributed by atoms with Crippen molar-refractivity contribution < 1.29 is 28.5 Å². The van der Waals surface area contributed by atoms with E-state index < -0.39 is 11.9 Å². The van der Waals surface area contributed by atoms with Gasteiger partial charge in [-0.2, -0.15) is 5.10 Å². The van der Waals surface area contributed by atoms with Crippen molar-refractivity contribution in [1.29, 1.82) is 0 Å². The van der Waals surface area contributed by atoms with Crippen molar-refractivity contribution in [3.05, 3.63) is 107 Å². The van der Waals surface area contributed by atoms with E-state index >= 15 is 0 Å². The number of rotatable bonds is 10. The lowest BCUT2D eigenvalue weighted by molar-refractivity contribution is -0.123. The van der Waals surface area contributed by atoms with Gasteiger partial charge in [-0.25, -0.2) is 10.2 Å². The predicted octanol–water partition coefficient (Wildman–Crippen LogP) is 5.88. The summed E-state index contributed by atoms with van der Waals surface area (Å²) in [4.78, 5) is 25.0. The summed E-state index contributed by atoms with van der Waals surface area (Å²) in [7, 11) is 2.99. The van der Waals surface area contributed by atoms with Gasteiger partial charge < -0.3 is 18.9 Å². The molecule has 4 aromatic carbocycles. The molecule has 0 fully saturated rings. The van der Waals surface area contributed by atoms with E-state index in [4.69, 9.17) is 18.9 Å². The first-order chi connectivity index (χ1) is 19.0. The molecule has 0 aliphatic heterocycles. The van der Waals surface area contributed by atoms with Gasteiger partial charge in [-0.3, -0.25) is 4.79 Å². The Bertz CT molecular complexity index is 1470. The fourth-order valence-electron chi connectivity index (χ4n) is 3.56. The fraction of sp³-hybridized carbons (Fsp3) is 0.100. The molecule has 1 amide bonds. The number of carbonyl (C=O) groups excluding carboxylic acids is 2. The Labute approximate surface area is 234 Å². The van der Waals surface area contributed by atoms with E-state index in [-0.39, 0.29) is 17.9 Å². The highest BCUT2D eigenvalue weighted by Gasteiger charge is 2.15. The number of benzene rings is 4. The second-order valence-corrected chi connectivity index (χ2v) is 9.03. The van der Waals surface area contributed by atoms with E-state index in [9.17, 15) is 9.59 Å². The van der Waals surface area contributed by atoms with Crippen LogP contribution in [0.4, 0.5) is 0 Å². The lowest BCUT2D eigenvalue weighted by atomic mass is 10.1. The van der Waals surface area contributed by atoms with Crippen LogP contribution in [-0.4, -0.2) is 38.9 Å². The van der Waals surface area contributed by atoms with Crippen molar-refractivity contribution in [1.82, 2.24) is 5.43 Å². The number of hydrogen-bond donors (Lipinski definition) is 1. The Kier molecular flexibility index (Phi) is 9.31. The molecule has 0 saturated carbocycles. The molecular weight excluding hydrogens is 564 g/mol. The minimum atomic E-state index is -0.594. The van der Waals surface area contributed by atoms with Gasteiger partial charge in [-0.1, -0.05) is 58.4 Å². The van der Waals surface area contributed by atoms with Crippen LogP contribution < -0.4 is 24.4 Å². The zero-order valence-electron chi connectivity index (χ0n) is 21.2. The SMILES string of the molecule is COc1ccc(C(=O)Oc2ccc(Br)cc2/C=N/NC(=O)COc2ccc(-c3ccccc3)cc2)cc1OC. The van der Waals surface area contributed by atoms with Crippen molar-refractivity contribution in [2.75, 3.05) is 20.8 Å². The predicted molar refractivity (Wildman–Crippen MR) is 152 cm³/mol. The van der Waals surface area contributed by atoms with E-state index in [0.717, 1.165) is 15.6 Å². The molecule has 39 heavy (non-hydrogen) atoms. The first-order valence-corrected chi connectivity index (χ1v) is 12.6. The quantitative estimate of drug-likeness (QED) is 0.107. The number of ether oxygens (including phenoxy) is 4. The average Bonchev–Trinajstić information content (AvgIpc) is 2.97. The van der Waals surface area contributed by atoms with E-state index in [0.29, 0.717) is 22.8 Å². The van der Waals surface area contributed by atoms with Crippen LogP contribution in [0.15, 0.2) is 101 Å². The Morgan fingerprint density at radius 3 is 2.23 bits per heavy atom. The third-order valence-electron chi connectivity index (χ3n) is 5.52. The van der Waals surface area contributed by atoms with Crippen LogP contribution in [0.25, 0.3) is 11.1 Å². The topological polar surface area (TPSA) is 95.5 Å². The van der Waals surface area contributed by atoms with E-state index in [1.54, 1.807) is 42.5 Å². The van der Waals surface area contributed by atoms with Crippen molar-refractivity contribution in [3.63, 3.8) is 0 Å². The molecule has 198 valence electrons. The van der Waals surface area contributed by atoms with Crippen molar-refractivity contribution >= 4 is 34.0 Å². The Morgan fingerprint density at radius 1 is 0.821 bits per heavy atom. The molecular formula is C30H25BrN2O6. The van der Waals surface area contributed by atoms with Gasteiger partial charge in [0.2, 0.25) is 0 Å². The summed E-state index contributed by atoms with van der Waals surface area (Å²) in [6, 6.07) is 27.2. The van der Waals surface area contributed by atoms with Crippen LogP contribution in [0.3, 0.4) is 0 Å². The molecule has 8 nitrogen and oxygen atoms in total. The van der Waals surface area contributed by atoms with Crippen LogP contribution >= 0.6 is 15.9 Å². The zero-order chi connectivity index (χ0) is 27.6. The van der Waals surface area contributed by atoms with Gasteiger partial charge in [-0.05, 0) is 59.7 Å². The number of esters is 1. The second-order valence-electron chi connectivity index (χ2n) is 8.11. The van der Waals surface area contributed by atoms with Crippen LogP contribution in [0.2, 0.25) is 0 Å². The van der Waals surface area contributed by atoms with Gasteiger partial charge in [-0.15, -0.1) is 0 Å². The summed E-state index contributed by atoms with van der Waals surface area (Å²) in [5, 5.41) is 3.99. The molecule has 0 spiro atoms. The molecule has 4 rings (SSSR count). The molecule has 0 radical (unpaired) electrons. The van der Waals surface area contributed by atoms with Gasteiger partial charge in [0.25, 0.3) is 5.91 Å². The summed E-state index contributed by atoms with van der Waals surface area (Å²) < 4.78 is 22.3. The average molecular weight is 589 g/mol. The smallest absolute Gasteiger partial charge is 0.343 e. The summed E-state index contributed by atoms with van der Waals surface area (Å²) >= 11 is 3.39. The maximum atomic E-state index is 12.8. The van der Waals surface area contributed by atoms with E-state index in [1.807, 2.05) is 42.5 Å². The number of carbonyl (C=O) groups is 2. The van der Waals surface area contributed by atoms with E-state index in [1.165, 1.54) is 26.5 Å². The Balaban J connectivity index is 1.35. The van der Waals surface area contributed by atoms with Crippen LogP contribution in [0, 0.1) is 0 Å². The third-order valence-corrected chi connectivity index (χ3v) is 6.01. The first-order valence-electron chi connectivity index (χ1n) is 11.8. The molecule has 0 aromatic heterocycles. The van der Waals surface area contributed by atoms with Gasteiger partial charge in [0.05, 0.1) is 26.0 Å². The highest BCUT2D eigenvalue weighted by atomic mass is 79.9. The van der Waals surface area contributed by atoms with Crippen LogP contribution in [0.1, 0.15) is 15.9 Å². The standard InChI is InChI=1S/C30H25BrN2O6/c1-36-27-14-10-22(17-28(27)37-2)30(35)39-26-15-11-24(31)16-23(26)18-32-33-29(34)19-38-25-12-8-21(9-13-25)20-6-4-3-5-7-20/h3-18H,19H2,1-2H3,(H,33,34)/b32-18+. The third kappa shape index (κ3) is 7.45. The highest BCUT2D eigenvalue weighted by Crippen LogP contribution is 2.29. The first kappa shape index (κ1) is 27.4. The lowest BCUT2D eigenvalue weighted by Gasteiger charge is -2.11. The van der Waals surface area contributed by atoms with Crippen LogP contribution in [-0.2, 0) is 4.79 Å². The molecule has 0 unspecified atom stereocenters. The van der Waals surface area contributed by atoms with Crippen molar-refractivity contribution in [3.8, 4) is 34.1 Å². The fourth-order valence-corrected chi connectivity index (χ4v) is 3.94. The van der Waals surface area contributed by atoms with Gasteiger partial charge in [0.15, 0.2) is 18.1 Å². The molecule has 4 aromatic rings. The maximum Gasteiger partial charge on any atom is 0.343 e. The maximum absolute atomic E-state index is 12.8. The lowest BCUT2D eigenvalue weighted by Crippen LogP contribution is -2.24. The minimum absolute atomic E-state index is 0.221. The summed E-state index contributed by atoms with van der Waals surface area (Å²) in [5.74, 6) is 0.674. The largest absolute Gasteiger partial charge is 0.493 e. The highest BCUT2D eigenvalue weighted by molar-refractivity contribution is 9.10. The molecule has 0 bridgehead atoms. The normalized spacial score (nSPS) is 10.6. The Morgan fingerprint density at radius 2 is 1.51 bits per heavy atom. The summed E-state index contributed by atoms with van der Waals surface area (Å²) in [6.07, 6.45) is 1.38. The summed E-state index contributed by atoms with van der Waals surface area (Å²) in [5.41, 5.74) is 5.31. The van der Waals surface area contributed by atoms with E-state index in [2.05, 4.69) is 26.5 Å². The number of nitrogens with zero attached hydrogens (tertiary/aromatic N) is 1. The monoisotopic (exact) mass is 588 g/mol. The number of halogens is 1. The second kappa shape index (κ2) is 13.3. The molecule has 9 heteroatoms. The van der Waals surface area contributed by atoms with Gasteiger partial charge >= 0.3 is 5.97 Å². The number of hydrazone groups is 1. The van der Waals surface area contributed by atoms with Gasteiger partial charge in [0, 0.05) is 10.0 Å². The number of amides is 1. The minimum Gasteiger partial charge on any atom is -0.493 e. The van der Waals surface area contributed by atoms with Gasteiger partial charge in [0.1, 0.15) is 11.5 Å². The zero-order valence-corrected chi connectivity index (χ0v) is 22.8. The number of hydrogen-bond acceptors (Lipinski definition) is 7. The summed E-state index contributed by atoms with van der Waals surface area (Å²) in [6.45, 7) is -0.221.